The smallest absolute Gasteiger partial charge is 0.274 e. The third-order valence-corrected chi connectivity index (χ3v) is 1.35. The monoisotopic (exact) mass is 197 g/mol. The molecule has 0 rings (SSSR count). The lowest BCUT2D eigenvalue weighted by Gasteiger charge is -2.11. The molecule has 0 bridgehead atoms. The van der Waals surface area contributed by atoms with Gasteiger partial charge in [0.15, 0.2) is 0 Å². The maximum absolute atomic E-state index is 11.4. The normalized spacial score (nSPS) is 10.7. The van der Waals surface area contributed by atoms with E-state index in [1.54, 1.807) is 6.20 Å². The Kier molecular flexibility index (Phi) is 5.40. The van der Waals surface area contributed by atoms with Gasteiger partial charge < -0.3 is 0 Å². The highest BCUT2D eigenvalue weighted by atomic mass is 16.7. The standard InChI is InChI=1S/C9H15N3O2/c1-7(2)6-11-8(10-3)9(13)12(4)14-5/h6H,3H2,1-2,4-5H3. The molecule has 0 saturated carbocycles. The van der Waals surface area contributed by atoms with Gasteiger partial charge in [0.05, 0.1) is 7.11 Å². The van der Waals surface area contributed by atoms with Crippen molar-refractivity contribution in [2.45, 2.75) is 13.8 Å². The summed E-state index contributed by atoms with van der Waals surface area (Å²) in [5.74, 6) is -0.421. The van der Waals surface area contributed by atoms with Gasteiger partial charge in [-0.3, -0.25) is 9.63 Å². The van der Waals surface area contributed by atoms with Crippen LogP contribution in [0.2, 0.25) is 0 Å². The predicted molar refractivity (Wildman–Crippen MR) is 56.2 cm³/mol. The van der Waals surface area contributed by atoms with Gasteiger partial charge in [0.2, 0.25) is 5.84 Å². The van der Waals surface area contributed by atoms with E-state index < -0.39 is 5.91 Å². The molecular weight excluding hydrogens is 182 g/mol. The van der Waals surface area contributed by atoms with E-state index in [2.05, 4.69) is 16.7 Å². The van der Waals surface area contributed by atoms with Crippen LogP contribution in [-0.2, 0) is 9.63 Å². The van der Waals surface area contributed by atoms with Crippen LogP contribution >= 0.6 is 0 Å². The van der Waals surface area contributed by atoms with E-state index in [-0.39, 0.29) is 5.84 Å². The fourth-order valence-electron chi connectivity index (χ4n) is 0.578. The van der Waals surface area contributed by atoms with Crippen molar-refractivity contribution < 1.29 is 9.63 Å². The fraction of sp³-hybridized carbons (Fsp3) is 0.444. The average Bonchev–Trinajstić information content (AvgIpc) is 2.16. The Morgan fingerprint density at radius 2 is 2.07 bits per heavy atom. The maximum Gasteiger partial charge on any atom is 0.314 e. The number of allylic oxidation sites excluding steroid dienone is 1. The van der Waals surface area contributed by atoms with Gasteiger partial charge in [-0.1, -0.05) is 5.57 Å². The van der Waals surface area contributed by atoms with E-state index in [4.69, 9.17) is 4.84 Å². The number of hydrogen-bond donors (Lipinski definition) is 0. The van der Waals surface area contributed by atoms with Crippen LogP contribution in [0.15, 0.2) is 21.8 Å². The van der Waals surface area contributed by atoms with Gasteiger partial charge in [-0.2, -0.15) is 0 Å². The van der Waals surface area contributed by atoms with Crippen LogP contribution in [0.1, 0.15) is 13.8 Å². The van der Waals surface area contributed by atoms with E-state index in [9.17, 15) is 4.79 Å². The zero-order chi connectivity index (χ0) is 11.1. The molecule has 0 N–H and O–H groups in total. The molecule has 0 radical (unpaired) electrons. The molecule has 78 valence electrons. The number of aliphatic imine (C=N–C) groups is 2. The van der Waals surface area contributed by atoms with Crippen LogP contribution in [0.4, 0.5) is 0 Å². The number of amides is 1. The number of amidine groups is 1. The van der Waals surface area contributed by atoms with E-state index >= 15 is 0 Å². The van der Waals surface area contributed by atoms with Crippen LogP contribution in [0.25, 0.3) is 0 Å². The Morgan fingerprint density at radius 1 is 1.50 bits per heavy atom. The number of carbonyl (C=O) groups is 1. The first-order valence-electron chi connectivity index (χ1n) is 4.03. The molecule has 0 aromatic carbocycles. The maximum atomic E-state index is 11.4. The van der Waals surface area contributed by atoms with Crippen molar-refractivity contribution >= 4 is 18.5 Å². The topological polar surface area (TPSA) is 54.3 Å². The quantitative estimate of drug-likeness (QED) is 0.377. The van der Waals surface area contributed by atoms with E-state index in [0.29, 0.717) is 0 Å². The Labute approximate surface area is 83.7 Å². The molecule has 0 spiro atoms. The van der Waals surface area contributed by atoms with Crippen molar-refractivity contribution in [3.8, 4) is 0 Å². The van der Waals surface area contributed by atoms with Crippen LogP contribution in [0.5, 0.6) is 0 Å². The van der Waals surface area contributed by atoms with Gasteiger partial charge in [0.1, 0.15) is 0 Å². The van der Waals surface area contributed by atoms with Crippen molar-refractivity contribution in [1.82, 2.24) is 5.06 Å². The highest BCUT2D eigenvalue weighted by Crippen LogP contribution is 1.94. The number of hydrogen-bond acceptors (Lipinski definition) is 3. The molecule has 0 fully saturated rings. The summed E-state index contributed by atoms with van der Waals surface area (Å²) in [6.45, 7) is 7.00. The van der Waals surface area contributed by atoms with Gasteiger partial charge in [-0.05, 0) is 20.6 Å². The van der Waals surface area contributed by atoms with Gasteiger partial charge in [0.25, 0.3) is 0 Å². The van der Waals surface area contributed by atoms with Crippen molar-refractivity contribution in [1.29, 1.82) is 0 Å². The van der Waals surface area contributed by atoms with Gasteiger partial charge in [-0.25, -0.2) is 15.0 Å². The zero-order valence-corrected chi connectivity index (χ0v) is 8.94. The number of rotatable bonds is 2. The first kappa shape index (κ1) is 12.5. The highest BCUT2D eigenvalue weighted by molar-refractivity contribution is 6.38. The summed E-state index contributed by atoms with van der Waals surface area (Å²) in [6.07, 6.45) is 1.55. The van der Waals surface area contributed by atoms with Crippen LogP contribution in [-0.4, -0.2) is 37.7 Å². The molecule has 1 amide bonds. The molecule has 0 aliphatic heterocycles. The Morgan fingerprint density at radius 3 is 2.43 bits per heavy atom. The first-order chi connectivity index (χ1) is 6.52. The number of nitrogens with zero attached hydrogens (tertiary/aromatic N) is 3. The molecule has 0 heterocycles. The van der Waals surface area contributed by atoms with Crippen LogP contribution in [0, 0.1) is 0 Å². The van der Waals surface area contributed by atoms with Gasteiger partial charge in [0, 0.05) is 13.2 Å². The molecule has 14 heavy (non-hydrogen) atoms. The van der Waals surface area contributed by atoms with Gasteiger partial charge >= 0.3 is 5.91 Å². The summed E-state index contributed by atoms with van der Waals surface area (Å²) in [6, 6.07) is 0. The molecule has 5 nitrogen and oxygen atoms in total. The summed E-state index contributed by atoms with van der Waals surface area (Å²) >= 11 is 0. The number of likely N-dealkylation sites (N-methyl/N-ethyl adjacent to an activating group) is 1. The first-order valence-corrected chi connectivity index (χ1v) is 4.03. The second-order valence-corrected chi connectivity index (χ2v) is 2.80. The zero-order valence-electron chi connectivity index (χ0n) is 8.94. The molecule has 0 aliphatic carbocycles. The Bertz CT molecular complexity index is 278. The summed E-state index contributed by atoms with van der Waals surface area (Å²) < 4.78 is 0. The molecule has 0 atom stereocenters. The Hall–Kier alpha value is -1.49. The summed E-state index contributed by atoms with van der Waals surface area (Å²) in [5, 5.41) is 1.03. The summed E-state index contributed by atoms with van der Waals surface area (Å²) in [5.41, 5.74) is 0.971. The Balaban J connectivity index is 4.73. The largest absolute Gasteiger partial charge is 0.314 e. The van der Waals surface area contributed by atoms with Crippen molar-refractivity contribution in [3.05, 3.63) is 11.8 Å². The fourth-order valence-corrected chi connectivity index (χ4v) is 0.578. The minimum Gasteiger partial charge on any atom is -0.274 e. The van der Waals surface area contributed by atoms with E-state index in [1.165, 1.54) is 14.2 Å². The molecule has 0 aromatic rings. The van der Waals surface area contributed by atoms with Gasteiger partial charge in [-0.15, -0.1) is 0 Å². The van der Waals surface area contributed by atoms with Crippen LogP contribution < -0.4 is 0 Å². The molecule has 0 aliphatic rings. The SMILES string of the molecule is C=NC(=NC=C(C)C)C(=O)N(C)OC. The second-order valence-electron chi connectivity index (χ2n) is 2.80. The lowest BCUT2D eigenvalue weighted by molar-refractivity contribution is -0.160. The minimum atomic E-state index is -0.431. The lowest BCUT2D eigenvalue weighted by Crippen LogP contribution is -2.31. The highest BCUT2D eigenvalue weighted by Gasteiger charge is 2.13. The molecule has 0 aromatic heterocycles. The molecular formula is C9H15N3O2. The lowest BCUT2D eigenvalue weighted by atomic mass is 10.4. The number of hydroxylamine groups is 2. The second kappa shape index (κ2) is 6.04. The third kappa shape index (κ3) is 3.95. The van der Waals surface area contributed by atoms with E-state index in [1.807, 2.05) is 13.8 Å². The summed E-state index contributed by atoms with van der Waals surface area (Å²) in [4.78, 5) is 23.5. The predicted octanol–water partition coefficient (Wildman–Crippen LogP) is 1.03. The van der Waals surface area contributed by atoms with Crippen LogP contribution in [0.3, 0.4) is 0 Å². The summed E-state index contributed by atoms with van der Waals surface area (Å²) in [7, 11) is 2.87. The third-order valence-electron chi connectivity index (χ3n) is 1.35. The van der Waals surface area contributed by atoms with Crippen molar-refractivity contribution in [3.63, 3.8) is 0 Å². The minimum absolute atomic E-state index is 0.00977. The molecule has 0 unspecified atom stereocenters. The molecule has 0 saturated heterocycles. The molecule has 5 heteroatoms. The number of carbonyl (C=O) groups excluding carboxylic acids is 1. The average molecular weight is 197 g/mol. The van der Waals surface area contributed by atoms with Crippen molar-refractivity contribution in [2.75, 3.05) is 14.2 Å². The van der Waals surface area contributed by atoms with Crippen molar-refractivity contribution in [2.24, 2.45) is 9.98 Å². The van der Waals surface area contributed by atoms with E-state index in [0.717, 1.165) is 10.6 Å².